The fourth-order valence-corrected chi connectivity index (χ4v) is 4.06. The lowest BCUT2D eigenvalue weighted by Gasteiger charge is -2.31. The first-order valence-electron chi connectivity index (χ1n) is 9.89. The van der Waals surface area contributed by atoms with E-state index in [0.29, 0.717) is 17.1 Å². The fourth-order valence-electron chi connectivity index (χ4n) is 3.89. The SMILES string of the molecule is CCC(C(=O)OC)N1C(=O)C(C2CC2)N=C(c2ccccc2)c2cc(Cl)ccc21. The van der Waals surface area contributed by atoms with Crippen molar-refractivity contribution in [2.24, 2.45) is 10.9 Å². The number of hydrogen-bond donors (Lipinski definition) is 0. The van der Waals surface area contributed by atoms with E-state index < -0.39 is 18.1 Å². The number of esters is 1. The molecule has 2 aromatic rings. The van der Waals surface area contributed by atoms with Gasteiger partial charge in [-0.1, -0.05) is 48.9 Å². The van der Waals surface area contributed by atoms with Crippen LogP contribution in [0.15, 0.2) is 53.5 Å². The highest BCUT2D eigenvalue weighted by molar-refractivity contribution is 6.32. The Balaban J connectivity index is 1.95. The lowest BCUT2D eigenvalue weighted by molar-refractivity contribution is -0.143. The van der Waals surface area contributed by atoms with Gasteiger partial charge in [0, 0.05) is 16.1 Å². The number of halogens is 1. The smallest absolute Gasteiger partial charge is 0.328 e. The van der Waals surface area contributed by atoms with Crippen molar-refractivity contribution in [3.05, 3.63) is 64.7 Å². The van der Waals surface area contributed by atoms with Gasteiger partial charge in [-0.05, 0) is 43.4 Å². The molecule has 0 radical (unpaired) electrons. The van der Waals surface area contributed by atoms with Gasteiger partial charge < -0.3 is 4.74 Å². The monoisotopic (exact) mass is 410 g/mol. The van der Waals surface area contributed by atoms with Crippen molar-refractivity contribution in [2.45, 2.75) is 38.3 Å². The number of aliphatic imine (C=N–C) groups is 1. The lowest BCUT2D eigenvalue weighted by Crippen LogP contribution is -2.49. The molecule has 6 heteroatoms. The van der Waals surface area contributed by atoms with Crippen molar-refractivity contribution in [3.8, 4) is 0 Å². The average molecular weight is 411 g/mol. The van der Waals surface area contributed by atoms with Crippen LogP contribution in [0, 0.1) is 5.92 Å². The Morgan fingerprint density at radius 3 is 2.59 bits per heavy atom. The van der Waals surface area contributed by atoms with Crippen LogP contribution in [0.4, 0.5) is 5.69 Å². The molecule has 0 spiro atoms. The summed E-state index contributed by atoms with van der Waals surface area (Å²) in [7, 11) is 1.35. The molecule has 5 nitrogen and oxygen atoms in total. The number of anilines is 1. The van der Waals surface area contributed by atoms with Crippen LogP contribution < -0.4 is 4.90 Å². The largest absolute Gasteiger partial charge is 0.467 e. The number of ether oxygens (including phenoxy) is 1. The molecular formula is C23H23ClN2O3. The van der Waals surface area contributed by atoms with Crippen LogP contribution in [-0.4, -0.2) is 36.8 Å². The molecule has 1 heterocycles. The van der Waals surface area contributed by atoms with Crippen molar-refractivity contribution in [2.75, 3.05) is 12.0 Å². The highest BCUT2D eigenvalue weighted by Crippen LogP contribution is 2.40. The van der Waals surface area contributed by atoms with Gasteiger partial charge in [0.05, 0.1) is 18.5 Å². The van der Waals surface area contributed by atoms with Gasteiger partial charge in [-0.2, -0.15) is 0 Å². The van der Waals surface area contributed by atoms with E-state index in [1.165, 1.54) is 7.11 Å². The van der Waals surface area contributed by atoms with E-state index in [2.05, 4.69) is 0 Å². The van der Waals surface area contributed by atoms with Gasteiger partial charge in [0.25, 0.3) is 5.91 Å². The number of carbonyl (C=O) groups is 2. The third kappa shape index (κ3) is 3.67. The molecule has 2 aliphatic rings. The molecule has 2 aromatic carbocycles. The molecule has 0 bridgehead atoms. The van der Waals surface area contributed by atoms with Crippen LogP contribution in [0.2, 0.25) is 5.02 Å². The lowest BCUT2D eigenvalue weighted by atomic mass is 9.99. The van der Waals surface area contributed by atoms with Crippen LogP contribution >= 0.6 is 11.6 Å². The number of methoxy groups -OCH3 is 1. The molecule has 4 rings (SSSR count). The molecule has 1 aliphatic heterocycles. The summed E-state index contributed by atoms with van der Waals surface area (Å²) in [6, 6.07) is 13.9. The number of nitrogens with zero attached hydrogens (tertiary/aromatic N) is 2. The maximum atomic E-state index is 13.7. The van der Waals surface area contributed by atoms with E-state index in [0.717, 1.165) is 29.7 Å². The molecule has 0 aromatic heterocycles. The fraction of sp³-hybridized carbons (Fsp3) is 0.348. The Kier molecular flexibility index (Phi) is 5.41. The zero-order valence-corrected chi connectivity index (χ0v) is 17.2. The Bertz CT molecular complexity index is 969. The number of rotatable bonds is 5. The molecule has 2 unspecified atom stereocenters. The predicted octanol–water partition coefficient (Wildman–Crippen LogP) is 4.25. The molecule has 1 amide bonds. The van der Waals surface area contributed by atoms with Gasteiger partial charge in [-0.15, -0.1) is 0 Å². The number of amides is 1. The first-order chi connectivity index (χ1) is 14.0. The second-order valence-electron chi connectivity index (χ2n) is 7.44. The van der Waals surface area contributed by atoms with Gasteiger partial charge in [0.15, 0.2) is 0 Å². The van der Waals surface area contributed by atoms with Crippen LogP contribution in [0.3, 0.4) is 0 Å². The number of fused-ring (bicyclic) bond motifs is 1. The Hall–Kier alpha value is -2.66. The number of benzene rings is 2. The molecule has 0 N–H and O–H groups in total. The standard InChI is InChI=1S/C23H23ClN2O3/c1-3-18(23(28)29-2)26-19-12-11-16(24)13-17(19)20(14-7-5-4-6-8-14)25-21(22(26)27)15-9-10-15/h4-8,11-13,15,18,21H,3,9-10H2,1-2H3. The van der Waals surface area contributed by atoms with Crippen LogP contribution in [0.25, 0.3) is 0 Å². The summed E-state index contributed by atoms with van der Waals surface area (Å²) in [6.07, 6.45) is 2.36. The minimum Gasteiger partial charge on any atom is -0.467 e. The second-order valence-corrected chi connectivity index (χ2v) is 7.88. The summed E-state index contributed by atoms with van der Waals surface area (Å²) >= 11 is 6.33. The first-order valence-corrected chi connectivity index (χ1v) is 10.3. The van der Waals surface area contributed by atoms with Crippen LogP contribution in [-0.2, 0) is 14.3 Å². The summed E-state index contributed by atoms with van der Waals surface area (Å²) in [6.45, 7) is 1.88. The van der Waals surface area contributed by atoms with Crippen LogP contribution in [0.5, 0.6) is 0 Å². The van der Waals surface area contributed by atoms with E-state index in [1.54, 1.807) is 17.0 Å². The van der Waals surface area contributed by atoms with E-state index in [-0.39, 0.29) is 11.8 Å². The van der Waals surface area contributed by atoms with E-state index in [9.17, 15) is 9.59 Å². The molecule has 1 saturated carbocycles. The van der Waals surface area contributed by atoms with Gasteiger partial charge in [-0.3, -0.25) is 14.7 Å². The Morgan fingerprint density at radius 1 is 1.24 bits per heavy atom. The average Bonchev–Trinajstić information content (AvgIpc) is 3.58. The normalized spacial score (nSPS) is 19.8. The molecule has 29 heavy (non-hydrogen) atoms. The number of benzodiazepines with no additional fused rings is 1. The van der Waals surface area contributed by atoms with Crippen LogP contribution in [0.1, 0.15) is 37.3 Å². The third-order valence-corrected chi connectivity index (χ3v) is 5.75. The predicted molar refractivity (Wildman–Crippen MR) is 114 cm³/mol. The molecule has 2 atom stereocenters. The van der Waals surface area contributed by atoms with Crippen molar-refractivity contribution in [1.82, 2.24) is 0 Å². The Labute approximate surface area is 175 Å². The minimum atomic E-state index is -0.709. The molecule has 150 valence electrons. The highest BCUT2D eigenvalue weighted by atomic mass is 35.5. The Morgan fingerprint density at radius 2 is 1.97 bits per heavy atom. The summed E-state index contributed by atoms with van der Waals surface area (Å²) in [4.78, 5) is 32.7. The van der Waals surface area contributed by atoms with Crippen molar-refractivity contribution < 1.29 is 14.3 Å². The van der Waals surface area contributed by atoms with Crippen molar-refractivity contribution in [1.29, 1.82) is 0 Å². The summed E-state index contributed by atoms with van der Waals surface area (Å²) in [5.41, 5.74) is 3.04. The van der Waals surface area contributed by atoms with E-state index in [4.69, 9.17) is 21.3 Å². The summed E-state index contributed by atoms with van der Waals surface area (Å²) in [5, 5.41) is 0.552. The molecule has 1 fully saturated rings. The van der Waals surface area contributed by atoms with E-state index in [1.807, 2.05) is 43.3 Å². The molecule has 0 saturated heterocycles. The van der Waals surface area contributed by atoms with Gasteiger partial charge in [0.2, 0.25) is 0 Å². The zero-order chi connectivity index (χ0) is 20.5. The topological polar surface area (TPSA) is 59.0 Å². The third-order valence-electron chi connectivity index (χ3n) is 5.52. The summed E-state index contributed by atoms with van der Waals surface area (Å²) < 4.78 is 5.01. The van der Waals surface area contributed by atoms with E-state index >= 15 is 0 Å². The first kappa shape index (κ1) is 19.6. The summed E-state index contributed by atoms with van der Waals surface area (Å²) in [5.74, 6) is -0.387. The van der Waals surface area contributed by atoms with Crippen molar-refractivity contribution >= 4 is 34.9 Å². The molecule has 1 aliphatic carbocycles. The number of carbonyl (C=O) groups excluding carboxylic acids is 2. The van der Waals surface area contributed by atoms with Gasteiger partial charge in [0.1, 0.15) is 12.1 Å². The van der Waals surface area contributed by atoms with Gasteiger partial charge in [-0.25, -0.2) is 4.79 Å². The highest BCUT2D eigenvalue weighted by Gasteiger charge is 2.44. The minimum absolute atomic E-state index is 0.153. The second kappa shape index (κ2) is 7.99. The van der Waals surface area contributed by atoms with Crippen molar-refractivity contribution in [3.63, 3.8) is 0 Å². The maximum Gasteiger partial charge on any atom is 0.328 e. The quantitative estimate of drug-likeness (QED) is 0.692. The van der Waals surface area contributed by atoms with Gasteiger partial charge >= 0.3 is 5.97 Å². The zero-order valence-electron chi connectivity index (χ0n) is 16.5. The maximum absolute atomic E-state index is 13.7. The molecular weight excluding hydrogens is 388 g/mol. The number of hydrogen-bond acceptors (Lipinski definition) is 4.